The second-order valence-electron chi connectivity index (χ2n) is 10.5. The summed E-state index contributed by atoms with van der Waals surface area (Å²) in [5.74, 6) is -2.33. The molecule has 208 valence electrons. The van der Waals surface area contributed by atoms with Crippen LogP contribution in [0.4, 0.5) is 5.69 Å². The number of fused-ring (bicyclic) bond motifs is 2. The summed E-state index contributed by atoms with van der Waals surface area (Å²) in [4.78, 5) is 64.1. The van der Waals surface area contributed by atoms with Crippen LogP contribution in [0, 0.1) is 0 Å². The molecule has 5 amide bonds. The number of nitrogens with zero attached hydrogens (tertiary/aromatic N) is 1. The topological polar surface area (TPSA) is 134 Å². The molecule has 10 heteroatoms. The number of carbonyl (C=O) groups excluding carboxylic acids is 5. The first-order valence-electron chi connectivity index (χ1n) is 13.6. The van der Waals surface area contributed by atoms with E-state index >= 15 is 0 Å². The molecule has 0 spiro atoms. The highest BCUT2D eigenvalue weighted by molar-refractivity contribution is 6.39. The normalized spacial score (nSPS) is 19.2. The minimum absolute atomic E-state index is 0.0806. The summed E-state index contributed by atoms with van der Waals surface area (Å²) in [6, 6.07) is 17.2. The first-order valence-corrected chi connectivity index (χ1v) is 13.6. The zero-order valence-electron chi connectivity index (χ0n) is 22.4. The number of piperidine rings is 1. The molecule has 3 aromatic rings. The van der Waals surface area contributed by atoms with Crippen LogP contribution < -0.4 is 20.7 Å². The van der Waals surface area contributed by atoms with E-state index in [0.29, 0.717) is 19.4 Å². The maximum absolute atomic E-state index is 13.0. The smallest absolute Gasteiger partial charge is 0.313 e. The molecule has 0 bridgehead atoms. The van der Waals surface area contributed by atoms with Crippen molar-refractivity contribution >= 4 is 35.2 Å². The molecule has 0 aromatic heterocycles. The Hall–Kier alpha value is -4.99. The van der Waals surface area contributed by atoms with E-state index in [1.54, 1.807) is 0 Å². The summed E-state index contributed by atoms with van der Waals surface area (Å²) < 4.78 is 5.77. The number of hydrogen-bond donors (Lipinski definition) is 3. The van der Waals surface area contributed by atoms with Crippen LogP contribution in [0.2, 0.25) is 0 Å². The zero-order chi connectivity index (χ0) is 28.7. The van der Waals surface area contributed by atoms with E-state index in [-0.39, 0.29) is 35.4 Å². The summed E-state index contributed by atoms with van der Waals surface area (Å²) in [6.45, 7) is 2.70. The second-order valence-corrected chi connectivity index (χ2v) is 10.5. The fourth-order valence-corrected chi connectivity index (χ4v) is 5.49. The summed E-state index contributed by atoms with van der Waals surface area (Å²) in [6.07, 6.45) is 2.12. The van der Waals surface area contributed by atoms with Crippen LogP contribution in [0.15, 0.2) is 60.7 Å². The van der Waals surface area contributed by atoms with Gasteiger partial charge in [0.2, 0.25) is 5.91 Å². The van der Waals surface area contributed by atoms with Gasteiger partial charge in [-0.25, -0.2) is 0 Å². The van der Waals surface area contributed by atoms with Crippen LogP contribution >= 0.6 is 0 Å². The largest absolute Gasteiger partial charge is 0.490 e. The monoisotopic (exact) mass is 552 g/mol. The highest BCUT2D eigenvalue weighted by Gasteiger charge is 2.43. The lowest BCUT2D eigenvalue weighted by atomic mass is 10.00. The van der Waals surface area contributed by atoms with Gasteiger partial charge in [0.15, 0.2) is 0 Å². The van der Waals surface area contributed by atoms with Crippen molar-refractivity contribution < 1.29 is 28.7 Å². The first-order chi connectivity index (χ1) is 19.8. The van der Waals surface area contributed by atoms with Crippen molar-refractivity contribution in [3.05, 3.63) is 82.9 Å². The highest BCUT2D eigenvalue weighted by atomic mass is 16.5. The van der Waals surface area contributed by atoms with Gasteiger partial charge in [0.1, 0.15) is 17.9 Å². The molecule has 2 unspecified atom stereocenters. The van der Waals surface area contributed by atoms with E-state index in [9.17, 15) is 24.0 Å². The third-order valence-corrected chi connectivity index (χ3v) is 7.59. The average Bonchev–Trinajstić information content (AvgIpc) is 3.47. The van der Waals surface area contributed by atoms with Crippen LogP contribution in [0.1, 0.15) is 51.6 Å². The number of imide groups is 1. The summed E-state index contributed by atoms with van der Waals surface area (Å²) in [5, 5.41) is 7.76. The molecule has 3 N–H and O–H groups in total. The fourth-order valence-electron chi connectivity index (χ4n) is 5.49. The molecular weight excluding hydrogens is 524 g/mol. The maximum Gasteiger partial charge on any atom is 0.313 e. The van der Waals surface area contributed by atoms with E-state index in [1.807, 2.05) is 43.3 Å². The Labute approximate surface area is 236 Å². The predicted octanol–water partition coefficient (Wildman–Crippen LogP) is 2.81. The van der Waals surface area contributed by atoms with Crippen molar-refractivity contribution in [1.82, 2.24) is 15.5 Å². The van der Waals surface area contributed by atoms with Crippen LogP contribution in [0.5, 0.6) is 5.75 Å². The van der Waals surface area contributed by atoms with Crippen LogP contribution in [-0.2, 0) is 27.3 Å². The van der Waals surface area contributed by atoms with E-state index < -0.39 is 29.7 Å². The lowest BCUT2D eigenvalue weighted by Gasteiger charge is -2.28. The van der Waals surface area contributed by atoms with E-state index in [2.05, 4.69) is 22.0 Å². The number of carbonyl (C=O) groups is 5. The van der Waals surface area contributed by atoms with Crippen LogP contribution in [0.25, 0.3) is 11.1 Å². The second kappa shape index (κ2) is 10.5. The first kappa shape index (κ1) is 26.2. The summed E-state index contributed by atoms with van der Waals surface area (Å²) in [7, 11) is 0. The molecule has 0 saturated carbocycles. The number of amides is 5. The summed E-state index contributed by atoms with van der Waals surface area (Å²) >= 11 is 0. The van der Waals surface area contributed by atoms with Gasteiger partial charge >= 0.3 is 11.8 Å². The lowest BCUT2D eigenvalue weighted by Crippen LogP contribution is -2.52. The number of hydrogen-bond acceptors (Lipinski definition) is 6. The highest BCUT2D eigenvalue weighted by Crippen LogP contribution is 2.33. The van der Waals surface area contributed by atoms with Gasteiger partial charge in [-0.1, -0.05) is 30.3 Å². The SMILES string of the molecule is CC1Cc2cc(-c3ccc(CNC(=O)C(=O)Nc4ccc5c(c4)C(=O)N(C4CCCNC4=O)C5=O)cc3)ccc2O1. The third kappa shape index (κ3) is 5.04. The molecule has 3 aliphatic heterocycles. The van der Waals surface area contributed by atoms with E-state index in [1.165, 1.54) is 23.8 Å². The van der Waals surface area contributed by atoms with Gasteiger partial charge in [0.25, 0.3) is 11.8 Å². The Morgan fingerprint density at radius 3 is 2.46 bits per heavy atom. The molecule has 10 nitrogen and oxygen atoms in total. The number of nitrogens with one attached hydrogen (secondary N) is 3. The molecular formula is C31H28N4O6. The average molecular weight is 553 g/mol. The van der Waals surface area contributed by atoms with Gasteiger partial charge in [-0.15, -0.1) is 0 Å². The molecule has 3 heterocycles. The third-order valence-electron chi connectivity index (χ3n) is 7.59. The van der Waals surface area contributed by atoms with Crippen molar-refractivity contribution in [2.24, 2.45) is 0 Å². The Bertz CT molecular complexity index is 1600. The molecule has 3 aliphatic rings. The molecule has 0 radical (unpaired) electrons. The lowest BCUT2D eigenvalue weighted by molar-refractivity contribution is -0.136. The van der Waals surface area contributed by atoms with E-state index in [4.69, 9.17) is 4.74 Å². The van der Waals surface area contributed by atoms with Crippen molar-refractivity contribution in [3.8, 4) is 16.9 Å². The standard InChI is InChI=1S/C31H28N4O6/c1-17-13-21-14-20(8-11-26(21)41-17)19-6-4-18(5-7-19)16-33-28(37)29(38)34-22-9-10-23-24(15-22)31(40)35(30(23)39)25-3-2-12-32-27(25)36/h4-11,14-15,17,25H,2-3,12-13,16H2,1H3,(H,32,36)(H,33,37)(H,34,38). The zero-order valence-corrected chi connectivity index (χ0v) is 22.4. The predicted molar refractivity (Wildman–Crippen MR) is 149 cm³/mol. The van der Waals surface area contributed by atoms with E-state index in [0.717, 1.165) is 33.8 Å². The number of rotatable bonds is 5. The Morgan fingerprint density at radius 2 is 1.68 bits per heavy atom. The molecule has 1 fully saturated rings. The van der Waals surface area contributed by atoms with Gasteiger partial charge < -0.3 is 20.7 Å². The Balaban J connectivity index is 1.05. The van der Waals surface area contributed by atoms with Crippen molar-refractivity contribution in [2.75, 3.05) is 11.9 Å². The number of benzene rings is 3. The molecule has 3 aromatic carbocycles. The van der Waals surface area contributed by atoms with Gasteiger partial charge in [-0.05, 0) is 72.4 Å². The quantitative estimate of drug-likeness (QED) is 0.329. The molecule has 6 rings (SSSR count). The Morgan fingerprint density at radius 1 is 0.927 bits per heavy atom. The minimum Gasteiger partial charge on any atom is -0.490 e. The maximum atomic E-state index is 13.0. The fraction of sp³-hybridized carbons (Fsp3) is 0.258. The van der Waals surface area contributed by atoms with Gasteiger partial charge in [-0.2, -0.15) is 0 Å². The van der Waals surface area contributed by atoms with Crippen molar-refractivity contribution in [1.29, 1.82) is 0 Å². The van der Waals surface area contributed by atoms with Gasteiger partial charge in [0, 0.05) is 25.2 Å². The number of ether oxygens (including phenoxy) is 1. The van der Waals surface area contributed by atoms with Gasteiger partial charge in [0.05, 0.1) is 11.1 Å². The van der Waals surface area contributed by atoms with Crippen molar-refractivity contribution in [2.45, 2.75) is 44.9 Å². The molecule has 2 atom stereocenters. The number of anilines is 1. The van der Waals surface area contributed by atoms with Crippen LogP contribution in [0.3, 0.4) is 0 Å². The Kier molecular flexibility index (Phi) is 6.74. The summed E-state index contributed by atoms with van der Waals surface area (Å²) in [5.41, 5.74) is 4.55. The molecule has 0 aliphatic carbocycles. The van der Waals surface area contributed by atoms with Crippen LogP contribution in [-0.4, -0.2) is 53.1 Å². The minimum atomic E-state index is -0.906. The van der Waals surface area contributed by atoms with Gasteiger partial charge in [-0.3, -0.25) is 28.9 Å². The van der Waals surface area contributed by atoms with Crippen molar-refractivity contribution in [3.63, 3.8) is 0 Å². The molecule has 1 saturated heterocycles. The molecule has 41 heavy (non-hydrogen) atoms.